The number of benzene rings is 2. The number of anilines is 1. The Hall–Kier alpha value is -3.65. The molecule has 1 N–H and O–H groups in total. The Bertz CT molecular complexity index is 1240. The van der Waals surface area contributed by atoms with Crippen molar-refractivity contribution >= 4 is 23.1 Å². The molecule has 0 bridgehead atoms. The number of thiazole rings is 1. The molecule has 0 radical (unpaired) electrons. The van der Waals surface area contributed by atoms with Crippen molar-refractivity contribution < 1.29 is 9.18 Å². The first kappa shape index (κ1) is 23.5. The third kappa shape index (κ3) is 6.02. The van der Waals surface area contributed by atoms with Gasteiger partial charge in [-0.2, -0.15) is 0 Å². The molecule has 34 heavy (non-hydrogen) atoms. The number of aromatic nitrogens is 3. The minimum absolute atomic E-state index is 0.215. The zero-order chi connectivity index (χ0) is 23.9. The highest BCUT2D eigenvalue weighted by Gasteiger charge is 2.18. The van der Waals surface area contributed by atoms with Crippen molar-refractivity contribution in [3.63, 3.8) is 0 Å². The van der Waals surface area contributed by atoms with Crippen LogP contribution in [0.4, 0.5) is 10.2 Å². The van der Waals surface area contributed by atoms with Crippen LogP contribution >= 0.6 is 11.3 Å². The molecule has 174 valence electrons. The van der Waals surface area contributed by atoms with E-state index in [0.29, 0.717) is 27.8 Å². The van der Waals surface area contributed by atoms with Crippen LogP contribution in [-0.4, -0.2) is 34.5 Å². The zero-order valence-electron chi connectivity index (χ0n) is 19.2. The molecule has 2 aromatic heterocycles. The van der Waals surface area contributed by atoms with Crippen LogP contribution in [0.3, 0.4) is 0 Å². The van der Waals surface area contributed by atoms with Crippen LogP contribution in [0, 0.1) is 12.7 Å². The minimum atomic E-state index is -0.303. The number of halogens is 1. The number of nitrogens with zero attached hydrogens (tertiary/aromatic N) is 4. The highest BCUT2D eigenvalue weighted by molar-refractivity contribution is 7.17. The van der Waals surface area contributed by atoms with E-state index in [1.54, 1.807) is 31.5 Å². The molecule has 0 spiro atoms. The van der Waals surface area contributed by atoms with Gasteiger partial charge >= 0.3 is 0 Å². The number of carbonyl (C=O) groups excluding carboxylic acids is 1. The van der Waals surface area contributed by atoms with Gasteiger partial charge in [0, 0.05) is 20.1 Å². The predicted molar refractivity (Wildman–Crippen MR) is 133 cm³/mol. The summed E-state index contributed by atoms with van der Waals surface area (Å²) in [5.74, 6) is 0.247. The van der Waals surface area contributed by atoms with Crippen LogP contribution in [0.2, 0.25) is 0 Å². The molecule has 0 saturated heterocycles. The lowest BCUT2D eigenvalue weighted by molar-refractivity contribution is 0.0954. The van der Waals surface area contributed by atoms with E-state index in [0.717, 1.165) is 30.8 Å². The third-order valence-corrected chi connectivity index (χ3v) is 6.58. The predicted octanol–water partition coefficient (Wildman–Crippen LogP) is 5.05. The second-order valence-corrected chi connectivity index (χ2v) is 9.01. The van der Waals surface area contributed by atoms with E-state index < -0.39 is 0 Å². The molecule has 8 heteroatoms. The standard InChI is InChI=1S/C26H26FN5OS/c1-18-24(25(33)29-15-20-10-12-21(27)13-11-20)34-26(30-18)22-16-28-17-23(31-22)32(2)14-6-9-19-7-4-3-5-8-19/h3-5,7-8,10-13,16-17H,6,9,14-15H2,1-2H3,(H,29,33). The molecular weight excluding hydrogens is 449 g/mol. The summed E-state index contributed by atoms with van der Waals surface area (Å²) >= 11 is 1.29. The molecule has 0 aliphatic rings. The van der Waals surface area contributed by atoms with Crippen LogP contribution in [0.5, 0.6) is 0 Å². The maximum absolute atomic E-state index is 13.1. The van der Waals surface area contributed by atoms with Crippen LogP contribution in [0.25, 0.3) is 10.7 Å². The van der Waals surface area contributed by atoms with Gasteiger partial charge in [-0.05, 0) is 43.0 Å². The molecule has 0 aliphatic heterocycles. The van der Waals surface area contributed by atoms with Crippen LogP contribution in [0.1, 0.15) is 32.9 Å². The maximum Gasteiger partial charge on any atom is 0.263 e. The van der Waals surface area contributed by atoms with Gasteiger partial charge in [0.15, 0.2) is 0 Å². The van der Waals surface area contributed by atoms with Gasteiger partial charge in [0.1, 0.15) is 27.2 Å². The van der Waals surface area contributed by atoms with E-state index >= 15 is 0 Å². The first-order valence-corrected chi connectivity index (χ1v) is 11.9. The molecule has 1 amide bonds. The van der Waals surface area contributed by atoms with Crippen LogP contribution in [-0.2, 0) is 13.0 Å². The Morgan fingerprint density at radius 1 is 1.03 bits per heavy atom. The van der Waals surface area contributed by atoms with Crippen molar-refractivity contribution in [2.45, 2.75) is 26.3 Å². The number of carbonyl (C=O) groups is 1. The fraction of sp³-hybridized carbons (Fsp3) is 0.231. The monoisotopic (exact) mass is 475 g/mol. The summed E-state index contributed by atoms with van der Waals surface area (Å²) in [6, 6.07) is 16.5. The second-order valence-electron chi connectivity index (χ2n) is 8.02. The molecule has 0 saturated carbocycles. The fourth-order valence-electron chi connectivity index (χ4n) is 3.50. The van der Waals surface area contributed by atoms with E-state index in [9.17, 15) is 9.18 Å². The largest absolute Gasteiger partial charge is 0.358 e. The summed E-state index contributed by atoms with van der Waals surface area (Å²) in [4.78, 5) is 28.9. The summed E-state index contributed by atoms with van der Waals surface area (Å²) in [7, 11) is 2.00. The highest BCUT2D eigenvalue weighted by Crippen LogP contribution is 2.27. The van der Waals surface area contributed by atoms with Crippen molar-refractivity contribution in [1.29, 1.82) is 0 Å². The Balaban J connectivity index is 1.39. The summed E-state index contributed by atoms with van der Waals surface area (Å²) in [6.45, 7) is 2.97. The summed E-state index contributed by atoms with van der Waals surface area (Å²) in [6.07, 6.45) is 5.41. The van der Waals surface area contributed by atoms with Gasteiger partial charge in [-0.25, -0.2) is 14.4 Å². The van der Waals surface area contributed by atoms with E-state index in [1.165, 1.54) is 29.0 Å². The molecule has 0 fully saturated rings. The van der Waals surface area contributed by atoms with Gasteiger partial charge in [-0.3, -0.25) is 9.78 Å². The summed E-state index contributed by atoms with van der Waals surface area (Å²) in [5.41, 5.74) is 3.42. The summed E-state index contributed by atoms with van der Waals surface area (Å²) in [5, 5.41) is 3.52. The first-order chi connectivity index (χ1) is 16.5. The number of amides is 1. The Labute approximate surface area is 202 Å². The van der Waals surface area contributed by atoms with Crippen molar-refractivity contribution in [2.24, 2.45) is 0 Å². The van der Waals surface area contributed by atoms with E-state index in [4.69, 9.17) is 4.98 Å². The lowest BCUT2D eigenvalue weighted by Gasteiger charge is -2.18. The van der Waals surface area contributed by atoms with Crippen LogP contribution < -0.4 is 10.2 Å². The smallest absolute Gasteiger partial charge is 0.263 e. The van der Waals surface area contributed by atoms with Crippen molar-refractivity contribution in [1.82, 2.24) is 20.3 Å². The highest BCUT2D eigenvalue weighted by atomic mass is 32.1. The van der Waals surface area contributed by atoms with Gasteiger partial charge in [0.2, 0.25) is 0 Å². The Morgan fingerprint density at radius 2 is 1.79 bits per heavy atom. The molecule has 4 rings (SSSR count). The Kier molecular flexibility index (Phi) is 7.59. The van der Waals surface area contributed by atoms with E-state index in [-0.39, 0.29) is 11.7 Å². The average molecular weight is 476 g/mol. The van der Waals surface area contributed by atoms with Gasteiger partial charge in [-0.1, -0.05) is 42.5 Å². The lowest BCUT2D eigenvalue weighted by atomic mass is 10.1. The van der Waals surface area contributed by atoms with Crippen LogP contribution in [0.15, 0.2) is 67.0 Å². The topological polar surface area (TPSA) is 71.0 Å². The second kappa shape index (κ2) is 11.0. The average Bonchev–Trinajstić information content (AvgIpc) is 3.26. The molecule has 2 aromatic carbocycles. The van der Waals surface area contributed by atoms with Gasteiger partial charge in [0.05, 0.1) is 18.1 Å². The van der Waals surface area contributed by atoms with Gasteiger partial charge < -0.3 is 10.2 Å². The normalized spacial score (nSPS) is 10.8. The number of aryl methyl sites for hydroxylation is 2. The minimum Gasteiger partial charge on any atom is -0.358 e. The number of rotatable bonds is 9. The van der Waals surface area contributed by atoms with Crippen molar-refractivity contribution in [3.05, 3.63) is 94.5 Å². The maximum atomic E-state index is 13.1. The van der Waals surface area contributed by atoms with Crippen molar-refractivity contribution in [2.75, 3.05) is 18.5 Å². The molecule has 2 heterocycles. The Morgan fingerprint density at radius 3 is 2.56 bits per heavy atom. The number of hydrogen-bond acceptors (Lipinski definition) is 6. The SMILES string of the molecule is Cc1nc(-c2cncc(N(C)CCCc3ccccc3)n2)sc1C(=O)NCc1ccc(F)cc1. The fourth-order valence-corrected chi connectivity index (χ4v) is 4.44. The molecule has 4 aromatic rings. The lowest BCUT2D eigenvalue weighted by Crippen LogP contribution is -2.22. The number of hydrogen-bond donors (Lipinski definition) is 1. The summed E-state index contributed by atoms with van der Waals surface area (Å²) < 4.78 is 13.1. The quantitative estimate of drug-likeness (QED) is 0.367. The molecular formula is C26H26FN5OS. The van der Waals surface area contributed by atoms with Gasteiger partial charge in [-0.15, -0.1) is 11.3 Å². The molecule has 0 atom stereocenters. The number of nitrogens with one attached hydrogen (secondary N) is 1. The molecule has 0 aliphatic carbocycles. The zero-order valence-corrected chi connectivity index (χ0v) is 20.0. The molecule has 0 unspecified atom stereocenters. The molecule has 6 nitrogen and oxygen atoms in total. The third-order valence-electron chi connectivity index (χ3n) is 5.40. The first-order valence-electron chi connectivity index (χ1n) is 11.1. The van der Waals surface area contributed by atoms with E-state index in [2.05, 4.69) is 44.5 Å². The van der Waals surface area contributed by atoms with Crippen molar-refractivity contribution in [3.8, 4) is 10.7 Å². The van der Waals surface area contributed by atoms with E-state index in [1.807, 2.05) is 13.1 Å². The van der Waals surface area contributed by atoms with Gasteiger partial charge in [0.25, 0.3) is 5.91 Å².